The van der Waals surface area contributed by atoms with E-state index in [1.165, 1.54) is 0 Å². The van der Waals surface area contributed by atoms with E-state index >= 15 is 0 Å². The van der Waals surface area contributed by atoms with Crippen molar-refractivity contribution in [2.45, 2.75) is 25.5 Å². The molecule has 6 nitrogen and oxygen atoms in total. The fraction of sp³-hybridized carbons (Fsp3) is 0.444. The van der Waals surface area contributed by atoms with Gasteiger partial charge in [0.05, 0.1) is 19.8 Å². The minimum atomic E-state index is 0.0368. The van der Waals surface area contributed by atoms with Crippen LogP contribution in [0.25, 0.3) is 0 Å². The van der Waals surface area contributed by atoms with E-state index in [0.717, 1.165) is 30.7 Å². The maximum Gasteiger partial charge on any atom is 0.248 e. The minimum Gasteiger partial charge on any atom is -0.497 e. The number of hydrogen-bond donors (Lipinski definition) is 0. The highest BCUT2D eigenvalue weighted by Gasteiger charge is 2.24. The molecular formula is C18H23N3O3. The average Bonchev–Trinajstić information content (AvgIpc) is 3.17. The van der Waals surface area contributed by atoms with Crippen molar-refractivity contribution in [3.05, 3.63) is 48.3 Å². The molecule has 1 amide bonds. The Morgan fingerprint density at radius 3 is 3.08 bits per heavy atom. The summed E-state index contributed by atoms with van der Waals surface area (Å²) in [7, 11) is 1.63. The molecule has 24 heavy (non-hydrogen) atoms. The molecule has 0 saturated carbocycles. The van der Waals surface area contributed by atoms with Crippen LogP contribution in [0.3, 0.4) is 0 Å². The third kappa shape index (κ3) is 4.14. The highest BCUT2D eigenvalue weighted by molar-refractivity contribution is 5.77. The summed E-state index contributed by atoms with van der Waals surface area (Å²) >= 11 is 0. The predicted molar refractivity (Wildman–Crippen MR) is 89.7 cm³/mol. The van der Waals surface area contributed by atoms with Gasteiger partial charge in [-0.2, -0.15) is 5.10 Å². The van der Waals surface area contributed by atoms with Crippen molar-refractivity contribution in [3.8, 4) is 5.75 Å². The van der Waals surface area contributed by atoms with Crippen molar-refractivity contribution < 1.29 is 14.3 Å². The van der Waals surface area contributed by atoms with Gasteiger partial charge in [-0.3, -0.25) is 9.48 Å². The zero-order valence-electron chi connectivity index (χ0n) is 13.9. The number of methoxy groups -OCH3 is 1. The summed E-state index contributed by atoms with van der Waals surface area (Å²) in [5.41, 5.74) is 0.996. The highest BCUT2D eigenvalue weighted by atomic mass is 16.5. The van der Waals surface area contributed by atoms with Gasteiger partial charge in [-0.15, -0.1) is 0 Å². The van der Waals surface area contributed by atoms with Crippen LogP contribution in [0.5, 0.6) is 5.75 Å². The summed E-state index contributed by atoms with van der Waals surface area (Å²) in [6.07, 6.45) is 5.78. The lowest BCUT2D eigenvalue weighted by molar-refractivity contribution is -0.138. The van der Waals surface area contributed by atoms with Gasteiger partial charge < -0.3 is 14.4 Å². The lowest BCUT2D eigenvalue weighted by Crippen LogP contribution is -2.42. The molecule has 3 rings (SSSR count). The van der Waals surface area contributed by atoms with Gasteiger partial charge in [0, 0.05) is 25.5 Å². The number of hydrogen-bond acceptors (Lipinski definition) is 4. The number of benzene rings is 1. The van der Waals surface area contributed by atoms with Crippen LogP contribution in [-0.2, 0) is 16.1 Å². The van der Waals surface area contributed by atoms with Crippen molar-refractivity contribution in [2.24, 2.45) is 0 Å². The zero-order chi connectivity index (χ0) is 16.8. The number of carbonyl (C=O) groups excluding carboxylic acids is 1. The summed E-state index contributed by atoms with van der Waals surface area (Å²) in [5.74, 6) is 0.829. The Kier molecular flexibility index (Phi) is 5.48. The first-order valence-corrected chi connectivity index (χ1v) is 8.24. The van der Waals surface area contributed by atoms with Crippen LogP contribution < -0.4 is 4.74 Å². The number of likely N-dealkylation sites (tertiary alicyclic amines) is 1. The zero-order valence-corrected chi connectivity index (χ0v) is 13.9. The van der Waals surface area contributed by atoms with Crippen LogP contribution in [0.4, 0.5) is 0 Å². The molecule has 1 fully saturated rings. The van der Waals surface area contributed by atoms with Crippen molar-refractivity contribution in [1.82, 2.24) is 14.7 Å². The average molecular weight is 329 g/mol. The first-order valence-electron chi connectivity index (χ1n) is 8.24. The maximum atomic E-state index is 12.4. The van der Waals surface area contributed by atoms with Gasteiger partial charge in [0.1, 0.15) is 12.4 Å². The molecule has 0 bridgehead atoms. The third-order valence-electron chi connectivity index (χ3n) is 4.28. The monoisotopic (exact) mass is 329 g/mol. The van der Waals surface area contributed by atoms with Crippen LogP contribution in [0.1, 0.15) is 24.4 Å². The number of rotatable bonds is 6. The largest absolute Gasteiger partial charge is 0.497 e. The molecule has 1 saturated heterocycles. The molecule has 1 aromatic heterocycles. The molecule has 0 N–H and O–H groups in total. The highest BCUT2D eigenvalue weighted by Crippen LogP contribution is 2.20. The third-order valence-corrected chi connectivity index (χ3v) is 4.28. The summed E-state index contributed by atoms with van der Waals surface area (Å²) in [5, 5.41) is 4.29. The molecule has 6 heteroatoms. The Hall–Kier alpha value is -2.34. The number of piperidine rings is 1. The topological polar surface area (TPSA) is 56.6 Å². The molecule has 0 radical (unpaired) electrons. The molecule has 1 atom stereocenters. The minimum absolute atomic E-state index is 0.0368. The first kappa shape index (κ1) is 16.5. The van der Waals surface area contributed by atoms with Crippen LogP contribution in [-0.4, -0.2) is 47.4 Å². The maximum absolute atomic E-state index is 12.4. The fourth-order valence-electron chi connectivity index (χ4n) is 3.00. The molecule has 0 unspecified atom stereocenters. The summed E-state index contributed by atoms with van der Waals surface area (Å²) in [6, 6.07) is 9.85. The second-order valence-corrected chi connectivity index (χ2v) is 5.97. The summed E-state index contributed by atoms with van der Waals surface area (Å²) < 4.78 is 12.7. The Labute approximate surface area is 142 Å². The van der Waals surface area contributed by atoms with Crippen LogP contribution >= 0.6 is 0 Å². The van der Waals surface area contributed by atoms with E-state index in [4.69, 9.17) is 9.47 Å². The van der Waals surface area contributed by atoms with Gasteiger partial charge >= 0.3 is 0 Å². The smallest absolute Gasteiger partial charge is 0.248 e. The number of amides is 1. The Balaban J connectivity index is 1.47. The molecule has 2 heterocycles. The second kappa shape index (κ2) is 7.97. The molecule has 0 spiro atoms. The SMILES string of the molecule is COc1cccc(COCC(=O)N2CCC[C@@H](n3cccn3)C2)c1. The fourth-order valence-corrected chi connectivity index (χ4v) is 3.00. The Morgan fingerprint density at radius 1 is 1.38 bits per heavy atom. The number of carbonyl (C=O) groups is 1. The first-order chi connectivity index (χ1) is 11.8. The van der Waals surface area contributed by atoms with Crippen molar-refractivity contribution >= 4 is 5.91 Å². The van der Waals surface area contributed by atoms with Gasteiger partial charge in [-0.25, -0.2) is 0 Å². The van der Waals surface area contributed by atoms with E-state index in [1.54, 1.807) is 13.3 Å². The van der Waals surface area contributed by atoms with Gasteiger partial charge in [-0.1, -0.05) is 12.1 Å². The van der Waals surface area contributed by atoms with Crippen LogP contribution in [0, 0.1) is 0 Å². The quantitative estimate of drug-likeness (QED) is 0.816. The van der Waals surface area contributed by atoms with Gasteiger partial charge in [0.2, 0.25) is 5.91 Å². The lowest BCUT2D eigenvalue weighted by Gasteiger charge is -2.32. The molecule has 128 valence electrons. The number of aromatic nitrogens is 2. The predicted octanol–water partition coefficient (Wildman–Crippen LogP) is 2.27. The normalized spacial score (nSPS) is 17.7. The standard InChI is InChI=1S/C18H23N3O3/c1-23-17-7-2-5-15(11-17)13-24-14-18(22)20-9-3-6-16(12-20)21-10-4-8-19-21/h2,4-5,7-8,10-11,16H,3,6,9,12-14H2,1H3/t16-/m1/s1. The summed E-state index contributed by atoms with van der Waals surface area (Å²) in [6.45, 7) is 1.99. The van der Waals surface area contributed by atoms with Gasteiger partial charge in [0.15, 0.2) is 0 Å². The molecule has 0 aliphatic carbocycles. The Bertz CT molecular complexity index is 657. The number of nitrogens with zero attached hydrogens (tertiary/aromatic N) is 3. The number of ether oxygens (including phenoxy) is 2. The van der Waals surface area contributed by atoms with Gasteiger partial charge in [0.25, 0.3) is 0 Å². The molecule has 2 aromatic rings. The molecular weight excluding hydrogens is 306 g/mol. The Morgan fingerprint density at radius 2 is 2.29 bits per heavy atom. The second-order valence-electron chi connectivity index (χ2n) is 5.97. The van der Waals surface area contributed by atoms with Crippen molar-refractivity contribution in [2.75, 3.05) is 26.8 Å². The van der Waals surface area contributed by atoms with E-state index in [2.05, 4.69) is 5.10 Å². The summed E-state index contributed by atoms with van der Waals surface area (Å²) in [4.78, 5) is 14.2. The van der Waals surface area contributed by atoms with E-state index in [9.17, 15) is 4.79 Å². The van der Waals surface area contributed by atoms with E-state index in [1.807, 2.05) is 46.1 Å². The van der Waals surface area contributed by atoms with E-state index in [0.29, 0.717) is 13.2 Å². The van der Waals surface area contributed by atoms with Crippen molar-refractivity contribution in [1.29, 1.82) is 0 Å². The van der Waals surface area contributed by atoms with E-state index < -0.39 is 0 Å². The molecule has 1 aromatic carbocycles. The molecule has 1 aliphatic heterocycles. The lowest BCUT2D eigenvalue weighted by atomic mass is 10.1. The van der Waals surface area contributed by atoms with E-state index in [-0.39, 0.29) is 18.6 Å². The van der Waals surface area contributed by atoms with Crippen LogP contribution in [0.2, 0.25) is 0 Å². The molecule has 1 aliphatic rings. The van der Waals surface area contributed by atoms with Gasteiger partial charge in [-0.05, 0) is 36.6 Å². The van der Waals surface area contributed by atoms with Crippen molar-refractivity contribution in [3.63, 3.8) is 0 Å². The van der Waals surface area contributed by atoms with Crippen LogP contribution in [0.15, 0.2) is 42.7 Å².